The molecule has 1 saturated heterocycles. The van der Waals surface area contributed by atoms with Crippen LogP contribution in [0.5, 0.6) is 0 Å². The Morgan fingerprint density at radius 1 is 0.926 bits per heavy atom. The summed E-state index contributed by atoms with van der Waals surface area (Å²) in [5, 5.41) is 0.988. The van der Waals surface area contributed by atoms with Crippen LogP contribution in [0.15, 0.2) is 48.7 Å². The van der Waals surface area contributed by atoms with E-state index in [4.69, 9.17) is 0 Å². The highest BCUT2D eigenvalue weighted by atomic mass is 16.2. The largest absolute Gasteiger partial charge is 0.281 e. The SMILES string of the molecule is O=C1C=CC(=O)N1CCN1C(=O)CC(Cc2cccc3cccnc23)C1=O. The van der Waals surface area contributed by atoms with E-state index >= 15 is 0 Å². The van der Waals surface area contributed by atoms with Gasteiger partial charge < -0.3 is 0 Å². The summed E-state index contributed by atoms with van der Waals surface area (Å²) in [6.07, 6.45) is 4.64. The molecule has 1 unspecified atom stereocenters. The molecule has 2 aromatic rings. The van der Waals surface area contributed by atoms with Crippen molar-refractivity contribution < 1.29 is 19.2 Å². The molecule has 0 spiro atoms. The van der Waals surface area contributed by atoms with Crippen molar-refractivity contribution in [3.05, 3.63) is 54.2 Å². The normalized spacial score (nSPS) is 19.8. The molecular weight excluding hydrogens is 346 g/mol. The zero-order valence-corrected chi connectivity index (χ0v) is 14.5. The van der Waals surface area contributed by atoms with Gasteiger partial charge in [0, 0.05) is 43.2 Å². The molecule has 0 saturated carbocycles. The van der Waals surface area contributed by atoms with Gasteiger partial charge in [-0.15, -0.1) is 0 Å². The molecule has 4 rings (SSSR count). The number of benzene rings is 1. The molecule has 27 heavy (non-hydrogen) atoms. The summed E-state index contributed by atoms with van der Waals surface area (Å²) in [4.78, 5) is 54.8. The molecule has 3 heterocycles. The second-order valence-electron chi connectivity index (χ2n) is 6.64. The molecule has 1 fully saturated rings. The summed E-state index contributed by atoms with van der Waals surface area (Å²) >= 11 is 0. The highest BCUT2D eigenvalue weighted by Gasteiger charge is 2.39. The van der Waals surface area contributed by atoms with Gasteiger partial charge in [0.05, 0.1) is 11.4 Å². The summed E-state index contributed by atoms with van der Waals surface area (Å²) < 4.78 is 0. The molecule has 0 radical (unpaired) electrons. The van der Waals surface area contributed by atoms with E-state index in [0.29, 0.717) is 6.42 Å². The molecule has 1 aromatic carbocycles. The van der Waals surface area contributed by atoms with Crippen LogP contribution in [0.4, 0.5) is 0 Å². The van der Waals surface area contributed by atoms with Crippen molar-refractivity contribution >= 4 is 34.5 Å². The third-order valence-electron chi connectivity index (χ3n) is 4.97. The number of nitrogens with zero attached hydrogens (tertiary/aromatic N) is 3. The first-order valence-corrected chi connectivity index (χ1v) is 8.75. The van der Waals surface area contributed by atoms with Gasteiger partial charge in [0.2, 0.25) is 11.8 Å². The molecule has 136 valence electrons. The summed E-state index contributed by atoms with van der Waals surface area (Å²) in [6.45, 7) is 0.0474. The molecule has 2 aliphatic rings. The lowest BCUT2D eigenvalue weighted by Gasteiger charge is -2.19. The number of carbonyl (C=O) groups is 4. The van der Waals surface area contributed by atoms with Gasteiger partial charge >= 0.3 is 0 Å². The number of aromatic nitrogens is 1. The quantitative estimate of drug-likeness (QED) is 0.742. The minimum atomic E-state index is -0.451. The fourth-order valence-electron chi connectivity index (χ4n) is 3.60. The molecular formula is C20H17N3O4. The Hall–Kier alpha value is -3.35. The minimum absolute atomic E-state index is 0.0185. The van der Waals surface area contributed by atoms with Crippen LogP contribution in [0.25, 0.3) is 10.9 Å². The molecule has 4 amide bonds. The number of rotatable bonds is 5. The first-order chi connectivity index (χ1) is 13.0. The van der Waals surface area contributed by atoms with Gasteiger partial charge in [-0.25, -0.2) is 0 Å². The van der Waals surface area contributed by atoms with Gasteiger partial charge in [-0.2, -0.15) is 0 Å². The van der Waals surface area contributed by atoms with Crippen LogP contribution in [0.2, 0.25) is 0 Å². The third-order valence-corrected chi connectivity index (χ3v) is 4.97. The lowest BCUT2D eigenvalue weighted by Crippen LogP contribution is -2.41. The van der Waals surface area contributed by atoms with Gasteiger partial charge in [0.25, 0.3) is 11.8 Å². The van der Waals surface area contributed by atoms with Crippen LogP contribution in [-0.4, -0.2) is 51.5 Å². The first kappa shape index (κ1) is 17.1. The van der Waals surface area contributed by atoms with Crippen LogP contribution in [0, 0.1) is 5.92 Å². The molecule has 2 aliphatic heterocycles. The van der Waals surface area contributed by atoms with E-state index in [0.717, 1.165) is 26.3 Å². The van der Waals surface area contributed by atoms with Crippen molar-refractivity contribution in [1.82, 2.24) is 14.8 Å². The number of fused-ring (bicyclic) bond motifs is 1. The number of imide groups is 2. The van der Waals surface area contributed by atoms with Crippen LogP contribution in [0.1, 0.15) is 12.0 Å². The highest BCUT2D eigenvalue weighted by molar-refractivity contribution is 6.13. The average Bonchev–Trinajstić information content (AvgIpc) is 3.12. The molecule has 7 heteroatoms. The molecule has 0 bridgehead atoms. The topological polar surface area (TPSA) is 87.7 Å². The Morgan fingerprint density at radius 3 is 2.41 bits per heavy atom. The van der Waals surface area contributed by atoms with E-state index in [9.17, 15) is 19.2 Å². The Bertz CT molecular complexity index is 974. The average molecular weight is 363 g/mol. The summed E-state index contributed by atoms with van der Waals surface area (Å²) in [5.41, 5.74) is 1.76. The van der Waals surface area contributed by atoms with Crippen LogP contribution < -0.4 is 0 Å². The number of pyridine rings is 1. The smallest absolute Gasteiger partial charge is 0.253 e. The molecule has 1 atom stereocenters. The van der Waals surface area contributed by atoms with Crippen molar-refractivity contribution in [1.29, 1.82) is 0 Å². The minimum Gasteiger partial charge on any atom is -0.281 e. The van der Waals surface area contributed by atoms with E-state index in [1.807, 2.05) is 30.3 Å². The Kier molecular flexibility index (Phi) is 4.27. The lowest BCUT2D eigenvalue weighted by molar-refractivity contribution is -0.143. The zero-order chi connectivity index (χ0) is 19.0. The van der Waals surface area contributed by atoms with Gasteiger partial charge in [0.15, 0.2) is 0 Å². The van der Waals surface area contributed by atoms with Crippen molar-refractivity contribution in [2.75, 3.05) is 13.1 Å². The number of para-hydroxylation sites is 1. The van der Waals surface area contributed by atoms with Crippen LogP contribution in [-0.2, 0) is 25.6 Å². The molecule has 1 aromatic heterocycles. The Labute approximate surface area is 155 Å². The molecule has 7 nitrogen and oxygen atoms in total. The third kappa shape index (κ3) is 3.12. The van der Waals surface area contributed by atoms with Gasteiger partial charge in [-0.05, 0) is 18.1 Å². The molecule has 0 N–H and O–H groups in total. The van der Waals surface area contributed by atoms with E-state index < -0.39 is 17.7 Å². The van der Waals surface area contributed by atoms with Crippen molar-refractivity contribution in [2.45, 2.75) is 12.8 Å². The number of amides is 4. The highest BCUT2D eigenvalue weighted by Crippen LogP contribution is 2.26. The van der Waals surface area contributed by atoms with Crippen LogP contribution in [0.3, 0.4) is 0 Å². The first-order valence-electron chi connectivity index (χ1n) is 8.75. The van der Waals surface area contributed by atoms with Gasteiger partial charge in [-0.1, -0.05) is 24.3 Å². The second kappa shape index (κ2) is 6.75. The monoisotopic (exact) mass is 363 g/mol. The van der Waals surface area contributed by atoms with Crippen molar-refractivity contribution in [2.24, 2.45) is 5.92 Å². The Balaban J connectivity index is 1.46. The maximum atomic E-state index is 12.7. The Morgan fingerprint density at radius 2 is 1.63 bits per heavy atom. The summed E-state index contributed by atoms with van der Waals surface area (Å²) in [6, 6.07) is 9.60. The van der Waals surface area contributed by atoms with E-state index in [1.54, 1.807) is 6.20 Å². The predicted molar refractivity (Wildman–Crippen MR) is 96.1 cm³/mol. The second-order valence-corrected chi connectivity index (χ2v) is 6.64. The lowest BCUT2D eigenvalue weighted by atomic mass is 9.96. The van der Waals surface area contributed by atoms with Gasteiger partial charge in [0.1, 0.15) is 0 Å². The zero-order valence-electron chi connectivity index (χ0n) is 14.5. The number of carbonyl (C=O) groups excluding carboxylic acids is 4. The number of hydrogen-bond donors (Lipinski definition) is 0. The fourth-order valence-corrected chi connectivity index (χ4v) is 3.60. The summed E-state index contributed by atoms with van der Waals surface area (Å²) in [5.74, 6) is -1.83. The van der Waals surface area contributed by atoms with E-state index in [-0.39, 0.29) is 31.3 Å². The van der Waals surface area contributed by atoms with Crippen molar-refractivity contribution in [3.63, 3.8) is 0 Å². The maximum Gasteiger partial charge on any atom is 0.253 e. The number of likely N-dealkylation sites (tertiary alicyclic amines) is 1. The van der Waals surface area contributed by atoms with Gasteiger partial charge in [-0.3, -0.25) is 34.0 Å². The molecule has 0 aliphatic carbocycles. The number of hydrogen-bond acceptors (Lipinski definition) is 5. The van der Waals surface area contributed by atoms with E-state index in [1.165, 1.54) is 12.2 Å². The fraction of sp³-hybridized carbons (Fsp3) is 0.250. The maximum absolute atomic E-state index is 12.7. The predicted octanol–water partition coefficient (Wildman–Crippen LogP) is 1.08. The van der Waals surface area contributed by atoms with Crippen molar-refractivity contribution in [3.8, 4) is 0 Å². The summed E-state index contributed by atoms with van der Waals surface area (Å²) in [7, 11) is 0. The van der Waals surface area contributed by atoms with E-state index in [2.05, 4.69) is 4.98 Å². The van der Waals surface area contributed by atoms with Crippen LogP contribution >= 0.6 is 0 Å². The standard InChI is InChI=1S/C20H17N3O4/c24-16-6-7-17(25)22(16)9-10-23-18(26)12-15(20(23)27)11-14-4-1-3-13-5-2-8-21-19(13)14/h1-8,15H,9-12H2.